The first-order valence-electron chi connectivity index (χ1n) is 9.42. The van der Waals surface area contributed by atoms with E-state index in [0.29, 0.717) is 23.6 Å². The molecule has 0 saturated carbocycles. The fourth-order valence-corrected chi connectivity index (χ4v) is 3.24. The number of carbonyl (C=O) groups excluding carboxylic acids is 1. The number of fused-ring (bicyclic) bond motifs is 1. The number of nitrogens with one attached hydrogen (secondary N) is 1. The van der Waals surface area contributed by atoms with E-state index in [9.17, 15) is 9.59 Å². The van der Waals surface area contributed by atoms with Crippen LogP contribution in [0.3, 0.4) is 0 Å². The van der Waals surface area contributed by atoms with Crippen LogP contribution in [-0.2, 0) is 6.54 Å². The lowest BCUT2D eigenvalue weighted by Crippen LogP contribution is -2.17. The monoisotopic (exact) mass is 417 g/mol. The normalized spacial score (nSPS) is 11.1. The summed E-state index contributed by atoms with van der Waals surface area (Å²) in [6, 6.07) is 17.6. The Hall–Kier alpha value is -4.33. The molecule has 2 aromatic carbocycles. The maximum absolute atomic E-state index is 12.3. The number of para-hydroxylation sites is 1. The molecule has 0 aliphatic heterocycles. The Morgan fingerprint density at radius 1 is 1.16 bits per heavy atom. The minimum atomic E-state index is -1.11. The van der Waals surface area contributed by atoms with Gasteiger partial charge in [-0.2, -0.15) is 5.10 Å². The summed E-state index contributed by atoms with van der Waals surface area (Å²) >= 11 is 0. The zero-order valence-electron chi connectivity index (χ0n) is 16.6. The van der Waals surface area contributed by atoms with Gasteiger partial charge in [0.05, 0.1) is 19.9 Å². The smallest absolute Gasteiger partial charge is 0.371 e. The number of furan rings is 1. The van der Waals surface area contributed by atoms with Gasteiger partial charge < -0.3 is 18.8 Å². The summed E-state index contributed by atoms with van der Waals surface area (Å²) in [4.78, 5) is 23.4. The molecule has 4 rings (SSSR count). The van der Waals surface area contributed by atoms with Gasteiger partial charge in [-0.3, -0.25) is 4.79 Å². The second kappa shape index (κ2) is 8.58. The van der Waals surface area contributed by atoms with Gasteiger partial charge in [-0.15, -0.1) is 0 Å². The summed E-state index contributed by atoms with van der Waals surface area (Å²) in [5.41, 5.74) is 4.68. The standard InChI is InChI=1S/C23H19N3O5/c1-30-17-6-4-5-15(11-17)22(27)25-24-12-16-13-26(20-8-3-2-7-19(16)20)14-18-9-10-21(31-18)23(28)29/h2-13H,14H2,1H3,(H,25,27)(H,28,29)/b24-12-. The largest absolute Gasteiger partial charge is 0.497 e. The number of rotatable bonds is 7. The summed E-state index contributed by atoms with van der Waals surface area (Å²) < 4.78 is 12.4. The number of carboxylic acids is 1. The van der Waals surface area contributed by atoms with E-state index in [1.165, 1.54) is 13.2 Å². The molecule has 2 N–H and O–H groups in total. The molecule has 0 fully saturated rings. The summed E-state index contributed by atoms with van der Waals surface area (Å²) in [5.74, 6) is -0.455. The molecule has 0 saturated heterocycles. The van der Waals surface area contributed by atoms with Gasteiger partial charge in [0, 0.05) is 28.2 Å². The van der Waals surface area contributed by atoms with Gasteiger partial charge >= 0.3 is 5.97 Å². The molecule has 1 amide bonds. The number of aromatic nitrogens is 1. The van der Waals surface area contributed by atoms with Crippen molar-refractivity contribution in [1.29, 1.82) is 0 Å². The molecule has 0 bridgehead atoms. The number of ether oxygens (including phenoxy) is 1. The van der Waals surface area contributed by atoms with Crippen LogP contribution in [0, 0.1) is 0 Å². The Bertz CT molecular complexity index is 1290. The first-order valence-corrected chi connectivity index (χ1v) is 9.42. The third-order valence-corrected chi connectivity index (χ3v) is 4.72. The van der Waals surface area contributed by atoms with Gasteiger partial charge in [0.15, 0.2) is 0 Å². The van der Waals surface area contributed by atoms with Crippen LogP contribution >= 0.6 is 0 Å². The number of hydrogen-bond donors (Lipinski definition) is 2. The number of aromatic carboxylic acids is 1. The summed E-state index contributed by atoms with van der Waals surface area (Å²) in [5, 5.41) is 14.1. The van der Waals surface area contributed by atoms with Crippen LogP contribution in [0.1, 0.15) is 32.2 Å². The number of amides is 1. The first-order chi connectivity index (χ1) is 15.0. The lowest BCUT2D eigenvalue weighted by Gasteiger charge is -2.02. The van der Waals surface area contributed by atoms with Crippen molar-refractivity contribution < 1.29 is 23.8 Å². The quantitative estimate of drug-likeness (QED) is 0.352. The highest BCUT2D eigenvalue weighted by atomic mass is 16.5. The third-order valence-electron chi connectivity index (χ3n) is 4.72. The number of hydrogen-bond acceptors (Lipinski definition) is 5. The van der Waals surface area contributed by atoms with Crippen molar-refractivity contribution >= 4 is 29.0 Å². The van der Waals surface area contributed by atoms with E-state index in [1.807, 2.05) is 35.0 Å². The summed E-state index contributed by atoms with van der Waals surface area (Å²) in [6.45, 7) is 0.359. The molecular weight excluding hydrogens is 398 g/mol. The minimum absolute atomic E-state index is 0.103. The van der Waals surface area contributed by atoms with Crippen LogP contribution < -0.4 is 10.2 Å². The fourth-order valence-electron chi connectivity index (χ4n) is 3.24. The van der Waals surface area contributed by atoms with Crippen molar-refractivity contribution in [3.8, 4) is 5.75 Å². The van der Waals surface area contributed by atoms with Crippen molar-refractivity contribution in [3.05, 3.63) is 89.5 Å². The number of nitrogens with zero attached hydrogens (tertiary/aromatic N) is 2. The minimum Gasteiger partial charge on any atom is -0.497 e. The highest BCUT2D eigenvalue weighted by Gasteiger charge is 2.12. The first kappa shape index (κ1) is 20.0. The van der Waals surface area contributed by atoms with E-state index >= 15 is 0 Å². The SMILES string of the molecule is COc1cccc(C(=O)N/N=C\c2cn(Cc3ccc(C(=O)O)o3)c3ccccc23)c1. The number of benzene rings is 2. The molecule has 8 nitrogen and oxygen atoms in total. The second-order valence-electron chi connectivity index (χ2n) is 6.73. The maximum Gasteiger partial charge on any atom is 0.371 e. The molecule has 0 radical (unpaired) electrons. The van der Waals surface area contributed by atoms with Crippen molar-refractivity contribution in [2.75, 3.05) is 7.11 Å². The van der Waals surface area contributed by atoms with E-state index in [1.54, 1.807) is 36.5 Å². The van der Waals surface area contributed by atoms with Crippen LogP contribution in [0.5, 0.6) is 5.75 Å². The average Bonchev–Trinajstić information content (AvgIpc) is 3.39. The molecule has 156 valence electrons. The molecule has 0 spiro atoms. The van der Waals surface area contributed by atoms with E-state index in [0.717, 1.165) is 16.5 Å². The van der Waals surface area contributed by atoms with E-state index < -0.39 is 5.97 Å². The van der Waals surface area contributed by atoms with Gasteiger partial charge in [-0.1, -0.05) is 24.3 Å². The highest BCUT2D eigenvalue weighted by molar-refractivity contribution is 6.00. The van der Waals surface area contributed by atoms with E-state index in [-0.39, 0.29) is 11.7 Å². The zero-order valence-corrected chi connectivity index (χ0v) is 16.6. The molecule has 0 atom stereocenters. The van der Waals surface area contributed by atoms with Crippen LogP contribution in [0.4, 0.5) is 0 Å². The lowest BCUT2D eigenvalue weighted by molar-refractivity contribution is 0.0660. The molecule has 2 heterocycles. The topological polar surface area (TPSA) is 106 Å². The summed E-state index contributed by atoms with van der Waals surface area (Å²) in [7, 11) is 1.54. The third kappa shape index (κ3) is 4.32. The van der Waals surface area contributed by atoms with Gasteiger partial charge in [0.25, 0.3) is 5.91 Å². The fraction of sp³-hybridized carbons (Fsp3) is 0.0870. The van der Waals surface area contributed by atoms with Crippen molar-refractivity contribution in [2.24, 2.45) is 5.10 Å². The Morgan fingerprint density at radius 2 is 2.00 bits per heavy atom. The van der Waals surface area contributed by atoms with Gasteiger partial charge in [0.1, 0.15) is 11.5 Å². The van der Waals surface area contributed by atoms with E-state index in [4.69, 9.17) is 14.3 Å². The molecule has 0 aliphatic carbocycles. The Morgan fingerprint density at radius 3 is 2.77 bits per heavy atom. The van der Waals surface area contributed by atoms with Crippen molar-refractivity contribution in [3.63, 3.8) is 0 Å². The zero-order chi connectivity index (χ0) is 21.8. The molecular formula is C23H19N3O5. The van der Waals surface area contributed by atoms with Crippen molar-refractivity contribution in [1.82, 2.24) is 9.99 Å². The number of carboxylic acid groups (broad SMARTS) is 1. The van der Waals surface area contributed by atoms with Gasteiger partial charge in [-0.05, 0) is 36.4 Å². The Kier molecular flexibility index (Phi) is 5.53. The van der Waals surface area contributed by atoms with Crippen molar-refractivity contribution in [2.45, 2.75) is 6.54 Å². The molecule has 4 aromatic rings. The predicted molar refractivity (Wildman–Crippen MR) is 115 cm³/mol. The van der Waals surface area contributed by atoms with Gasteiger partial charge in [-0.25, -0.2) is 10.2 Å². The maximum atomic E-state index is 12.3. The van der Waals surface area contributed by atoms with Gasteiger partial charge in [0.2, 0.25) is 5.76 Å². The molecule has 31 heavy (non-hydrogen) atoms. The number of carbonyl (C=O) groups is 2. The molecule has 2 aromatic heterocycles. The molecule has 0 unspecified atom stereocenters. The Balaban J connectivity index is 1.55. The lowest BCUT2D eigenvalue weighted by atomic mass is 10.2. The highest BCUT2D eigenvalue weighted by Crippen LogP contribution is 2.22. The van der Waals surface area contributed by atoms with Crippen LogP contribution in [0.2, 0.25) is 0 Å². The van der Waals surface area contributed by atoms with Crippen LogP contribution in [0.15, 0.2) is 76.4 Å². The number of methoxy groups -OCH3 is 1. The summed E-state index contributed by atoms with van der Waals surface area (Å²) in [6.07, 6.45) is 3.44. The molecule has 8 heteroatoms. The average molecular weight is 417 g/mol. The van der Waals surface area contributed by atoms with E-state index in [2.05, 4.69) is 10.5 Å². The van der Waals surface area contributed by atoms with Crippen LogP contribution in [0.25, 0.3) is 10.9 Å². The molecule has 0 aliphatic rings. The second-order valence-corrected chi connectivity index (χ2v) is 6.73. The predicted octanol–water partition coefficient (Wildman–Crippen LogP) is 3.75. The van der Waals surface area contributed by atoms with Crippen LogP contribution in [-0.4, -0.2) is 34.9 Å². The number of hydrazone groups is 1. The Labute approximate surface area is 177 Å².